The first-order valence-corrected chi connectivity index (χ1v) is 8.96. The molecule has 0 unspecified atom stereocenters. The van der Waals surface area contributed by atoms with E-state index >= 15 is 0 Å². The number of hydrogen-bond donors (Lipinski definition) is 2. The van der Waals surface area contributed by atoms with E-state index < -0.39 is 23.4 Å². The van der Waals surface area contributed by atoms with Crippen molar-refractivity contribution in [1.29, 1.82) is 0 Å². The Kier molecular flexibility index (Phi) is 4.31. The fraction of sp³-hybridized carbons (Fsp3) is 0.136. The molecule has 140 valence electrons. The fourth-order valence-corrected chi connectivity index (χ4v) is 3.40. The lowest BCUT2D eigenvalue weighted by Gasteiger charge is -2.22. The molecule has 0 aliphatic carbocycles. The molecule has 0 saturated carbocycles. The number of para-hydroxylation sites is 1. The summed E-state index contributed by atoms with van der Waals surface area (Å²) in [6, 6.07) is 21.8. The van der Waals surface area contributed by atoms with Gasteiger partial charge in [0, 0.05) is 5.69 Å². The highest BCUT2D eigenvalue weighted by molar-refractivity contribution is 6.10. The Labute approximate surface area is 162 Å². The van der Waals surface area contributed by atoms with Gasteiger partial charge in [-0.05, 0) is 41.5 Å². The number of carbonyl (C=O) groups is 3. The van der Waals surface area contributed by atoms with E-state index in [0.29, 0.717) is 11.3 Å². The van der Waals surface area contributed by atoms with Crippen LogP contribution in [0.3, 0.4) is 0 Å². The van der Waals surface area contributed by atoms with E-state index in [1.54, 1.807) is 31.2 Å². The molecule has 0 radical (unpaired) electrons. The standard InChI is InChI=1S/C22H19N3O3/c1-22(17-12-11-15-7-5-6-8-16(15)13-17)20(27)25(21(28)24-22)14-19(26)23-18-9-3-2-4-10-18/h2-13H,14H2,1H3,(H,23,26)(H,24,28)/t22-/m1/s1. The van der Waals surface area contributed by atoms with Crippen LogP contribution in [0.15, 0.2) is 72.8 Å². The van der Waals surface area contributed by atoms with Gasteiger partial charge < -0.3 is 10.6 Å². The van der Waals surface area contributed by atoms with Gasteiger partial charge in [0.2, 0.25) is 5.91 Å². The number of nitrogens with one attached hydrogen (secondary N) is 2. The van der Waals surface area contributed by atoms with Crippen LogP contribution >= 0.6 is 0 Å². The van der Waals surface area contributed by atoms with E-state index in [2.05, 4.69) is 10.6 Å². The van der Waals surface area contributed by atoms with Crippen LogP contribution < -0.4 is 10.6 Å². The minimum absolute atomic E-state index is 0.345. The highest BCUT2D eigenvalue weighted by Gasteiger charge is 2.49. The molecule has 1 saturated heterocycles. The minimum atomic E-state index is -1.21. The molecule has 3 aromatic carbocycles. The Morgan fingerprint density at radius 2 is 1.64 bits per heavy atom. The largest absolute Gasteiger partial charge is 0.325 e. The van der Waals surface area contributed by atoms with Crippen LogP contribution in [0.4, 0.5) is 10.5 Å². The first-order chi connectivity index (χ1) is 13.5. The van der Waals surface area contributed by atoms with E-state index in [-0.39, 0.29) is 6.54 Å². The molecule has 0 aromatic heterocycles. The molecule has 1 aliphatic heterocycles. The first kappa shape index (κ1) is 17.7. The molecule has 1 aliphatic rings. The maximum atomic E-state index is 13.0. The zero-order valence-corrected chi connectivity index (χ0v) is 15.3. The molecule has 6 heteroatoms. The zero-order chi connectivity index (χ0) is 19.7. The van der Waals surface area contributed by atoms with Gasteiger partial charge in [-0.3, -0.25) is 14.5 Å². The number of anilines is 1. The molecule has 3 aromatic rings. The van der Waals surface area contributed by atoms with Gasteiger partial charge in [0.25, 0.3) is 5.91 Å². The SMILES string of the molecule is C[C@]1(c2ccc3ccccc3c2)NC(=O)N(CC(=O)Nc2ccccc2)C1=O. The van der Waals surface area contributed by atoms with E-state index in [1.165, 1.54) is 0 Å². The first-order valence-electron chi connectivity index (χ1n) is 8.96. The van der Waals surface area contributed by atoms with Gasteiger partial charge in [0.15, 0.2) is 0 Å². The number of carbonyl (C=O) groups excluding carboxylic acids is 3. The second-order valence-electron chi connectivity index (χ2n) is 6.92. The Morgan fingerprint density at radius 1 is 0.964 bits per heavy atom. The smallest absolute Gasteiger partial charge is 0.325 e. The predicted octanol–water partition coefficient (Wildman–Crippen LogP) is 3.25. The van der Waals surface area contributed by atoms with Crippen LogP contribution in [-0.2, 0) is 15.1 Å². The monoisotopic (exact) mass is 373 g/mol. The summed E-state index contributed by atoms with van der Waals surface area (Å²) >= 11 is 0. The summed E-state index contributed by atoms with van der Waals surface area (Å²) in [6.07, 6.45) is 0. The summed E-state index contributed by atoms with van der Waals surface area (Å²) in [7, 11) is 0. The van der Waals surface area contributed by atoms with Crippen LogP contribution in [0.5, 0.6) is 0 Å². The molecular weight excluding hydrogens is 354 g/mol. The van der Waals surface area contributed by atoms with Crippen LogP contribution in [0.25, 0.3) is 10.8 Å². The van der Waals surface area contributed by atoms with Crippen LogP contribution in [0.2, 0.25) is 0 Å². The third-order valence-electron chi connectivity index (χ3n) is 4.96. The molecule has 1 atom stereocenters. The third kappa shape index (κ3) is 3.09. The summed E-state index contributed by atoms with van der Waals surface area (Å²) < 4.78 is 0. The summed E-state index contributed by atoms with van der Waals surface area (Å²) in [5.41, 5.74) is 0.0704. The number of urea groups is 1. The third-order valence-corrected chi connectivity index (χ3v) is 4.96. The Bertz CT molecular complexity index is 1080. The quantitative estimate of drug-likeness (QED) is 0.689. The number of rotatable bonds is 4. The second kappa shape index (κ2) is 6.81. The molecule has 4 rings (SSSR count). The zero-order valence-electron chi connectivity index (χ0n) is 15.3. The molecule has 4 amide bonds. The molecule has 2 N–H and O–H groups in total. The van der Waals surface area contributed by atoms with Gasteiger partial charge in [0.1, 0.15) is 12.1 Å². The van der Waals surface area contributed by atoms with E-state index in [9.17, 15) is 14.4 Å². The van der Waals surface area contributed by atoms with Crippen molar-refractivity contribution in [3.63, 3.8) is 0 Å². The lowest BCUT2D eigenvalue weighted by atomic mass is 9.90. The van der Waals surface area contributed by atoms with Crippen molar-refractivity contribution in [3.8, 4) is 0 Å². The fourth-order valence-electron chi connectivity index (χ4n) is 3.40. The van der Waals surface area contributed by atoms with Crippen molar-refractivity contribution in [2.24, 2.45) is 0 Å². The molecule has 28 heavy (non-hydrogen) atoms. The van der Waals surface area contributed by atoms with Crippen molar-refractivity contribution in [1.82, 2.24) is 10.2 Å². The molecule has 0 bridgehead atoms. The van der Waals surface area contributed by atoms with Gasteiger partial charge in [-0.2, -0.15) is 0 Å². The lowest BCUT2D eigenvalue weighted by Crippen LogP contribution is -2.42. The molecule has 6 nitrogen and oxygen atoms in total. The van der Waals surface area contributed by atoms with Crippen LogP contribution in [0, 0.1) is 0 Å². The minimum Gasteiger partial charge on any atom is -0.325 e. The topological polar surface area (TPSA) is 78.5 Å². The van der Waals surface area contributed by atoms with Crippen molar-refractivity contribution in [3.05, 3.63) is 78.4 Å². The maximum absolute atomic E-state index is 13.0. The van der Waals surface area contributed by atoms with Gasteiger partial charge in [-0.15, -0.1) is 0 Å². The number of benzene rings is 3. The van der Waals surface area contributed by atoms with Crippen molar-refractivity contribution in [2.75, 3.05) is 11.9 Å². The normalized spacial score (nSPS) is 19.0. The van der Waals surface area contributed by atoms with E-state index in [4.69, 9.17) is 0 Å². The number of nitrogens with zero attached hydrogens (tertiary/aromatic N) is 1. The number of amides is 4. The average Bonchev–Trinajstić information content (AvgIpc) is 2.92. The Balaban J connectivity index is 1.56. The van der Waals surface area contributed by atoms with Gasteiger partial charge in [0.05, 0.1) is 0 Å². The number of imide groups is 1. The lowest BCUT2D eigenvalue weighted by molar-refractivity contribution is -0.133. The number of fused-ring (bicyclic) bond motifs is 1. The van der Waals surface area contributed by atoms with Gasteiger partial charge >= 0.3 is 6.03 Å². The maximum Gasteiger partial charge on any atom is 0.325 e. The van der Waals surface area contributed by atoms with Crippen LogP contribution in [0.1, 0.15) is 12.5 Å². The van der Waals surface area contributed by atoms with E-state index in [1.807, 2.05) is 48.5 Å². The predicted molar refractivity (Wildman–Crippen MR) is 107 cm³/mol. The Hall–Kier alpha value is -3.67. The summed E-state index contributed by atoms with van der Waals surface area (Å²) in [4.78, 5) is 38.7. The number of hydrogen-bond acceptors (Lipinski definition) is 3. The highest BCUT2D eigenvalue weighted by atomic mass is 16.2. The average molecular weight is 373 g/mol. The van der Waals surface area contributed by atoms with Gasteiger partial charge in [-0.25, -0.2) is 4.79 Å². The van der Waals surface area contributed by atoms with E-state index in [0.717, 1.165) is 15.7 Å². The molecule has 1 fully saturated rings. The summed E-state index contributed by atoms with van der Waals surface area (Å²) in [6.45, 7) is 1.31. The Morgan fingerprint density at radius 3 is 2.39 bits per heavy atom. The van der Waals surface area contributed by atoms with Crippen molar-refractivity contribution >= 4 is 34.3 Å². The van der Waals surface area contributed by atoms with Crippen LogP contribution in [-0.4, -0.2) is 29.3 Å². The van der Waals surface area contributed by atoms with Crippen molar-refractivity contribution in [2.45, 2.75) is 12.5 Å². The molecule has 1 heterocycles. The molecular formula is C22H19N3O3. The van der Waals surface area contributed by atoms with Crippen molar-refractivity contribution < 1.29 is 14.4 Å². The highest BCUT2D eigenvalue weighted by Crippen LogP contribution is 2.31. The summed E-state index contributed by atoms with van der Waals surface area (Å²) in [5.74, 6) is -0.881. The molecule has 0 spiro atoms. The summed E-state index contributed by atoms with van der Waals surface area (Å²) in [5, 5.41) is 7.45. The second-order valence-corrected chi connectivity index (χ2v) is 6.92. The van der Waals surface area contributed by atoms with Gasteiger partial charge in [-0.1, -0.05) is 54.6 Å².